The Balaban J connectivity index is 0.000000222. The first-order chi connectivity index (χ1) is 21.6. The van der Waals surface area contributed by atoms with Gasteiger partial charge < -0.3 is 36.1 Å². The molecule has 7 N–H and O–H groups in total. The summed E-state index contributed by atoms with van der Waals surface area (Å²) in [6, 6.07) is 9.39. The number of carboxylic acid groups (broad SMARTS) is 1. The van der Waals surface area contributed by atoms with Crippen molar-refractivity contribution in [3.8, 4) is 11.1 Å². The van der Waals surface area contributed by atoms with Crippen molar-refractivity contribution in [1.29, 1.82) is 0 Å². The number of aliphatic hydroxyl groups excluding tert-OH is 2. The summed E-state index contributed by atoms with van der Waals surface area (Å²) in [5, 5.41) is 29.7. The molecule has 6 atom stereocenters. The average Bonchev–Trinajstić information content (AvgIpc) is 3.53. The van der Waals surface area contributed by atoms with E-state index in [9.17, 15) is 28.0 Å². The lowest BCUT2D eigenvalue weighted by atomic mass is 9.94. The van der Waals surface area contributed by atoms with Crippen LogP contribution >= 0.6 is 0 Å². The standard InChI is InChI=1S/C15H22N6O5S.C15H16O3S/c1-27(3-2-7(16)15(24)25)4-8-10(22)11(23)14(26-8)21-6-20-9-12(17)18-5-19-13(9)21;1-10-8-11(2)15(12(3)9-10)13-6-4-5-7-14(13)19(16,17)18/h5-8,10-11,14,22-23H,2-4,16H2,1H3,(H2-,17,18,19,24,25);4-9H,1-3H3,(H,16,17,18)/t7-,8+,10+,11+,14+,27?;/m0./s1. The van der Waals surface area contributed by atoms with Crippen molar-refractivity contribution in [3.63, 3.8) is 0 Å². The van der Waals surface area contributed by atoms with Crippen molar-refractivity contribution in [1.82, 2.24) is 19.5 Å². The number of nitrogens with zero attached hydrogens (tertiary/aromatic N) is 4. The summed E-state index contributed by atoms with van der Waals surface area (Å²) in [7, 11) is -4.71. The molecule has 2 aromatic carbocycles. The van der Waals surface area contributed by atoms with Crippen LogP contribution in [0.2, 0.25) is 0 Å². The summed E-state index contributed by atoms with van der Waals surface area (Å²) >= 11 is 0. The van der Waals surface area contributed by atoms with E-state index < -0.39 is 46.7 Å². The maximum atomic E-state index is 11.4. The number of fused-ring (bicyclic) bond motifs is 1. The molecule has 1 fully saturated rings. The number of anilines is 1. The number of aromatic nitrogens is 4. The van der Waals surface area contributed by atoms with Gasteiger partial charge in [-0.25, -0.2) is 23.4 Å². The molecule has 1 saturated heterocycles. The molecule has 0 amide bonds. The molecule has 1 aliphatic heterocycles. The molecule has 4 aromatic rings. The van der Waals surface area contributed by atoms with Crippen molar-refractivity contribution in [3.05, 3.63) is 65.7 Å². The fraction of sp³-hybridized carbons (Fsp3) is 0.400. The zero-order valence-corrected chi connectivity index (χ0v) is 27.4. The monoisotopic (exact) mass is 674 g/mol. The third kappa shape index (κ3) is 7.83. The minimum atomic E-state index is -4.48. The summed E-state index contributed by atoms with van der Waals surface area (Å²) in [4.78, 5) is 22.8. The van der Waals surface area contributed by atoms with Gasteiger partial charge in [-0.1, -0.05) is 35.9 Å². The van der Waals surface area contributed by atoms with E-state index >= 15 is 0 Å². The Kier molecular flexibility index (Phi) is 11.0. The van der Waals surface area contributed by atoms with Gasteiger partial charge in [0.05, 0.1) is 17.5 Å². The number of ether oxygens (including phenoxy) is 1. The summed E-state index contributed by atoms with van der Waals surface area (Å²) in [6.07, 6.45) is 1.31. The molecule has 3 heterocycles. The summed E-state index contributed by atoms with van der Waals surface area (Å²) in [5.41, 5.74) is 16.4. The van der Waals surface area contributed by atoms with E-state index in [1.807, 2.05) is 39.2 Å². The number of aliphatic hydroxyl groups is 2. The molecule has 46 heavy (non-hydrogen) atoms. The molecule has 0 saturated carbocycles. The topological polar surface area (TPSA) is 240 Å². The lowest BCUT2D eigenvalue weighted by molar-refractivity contribution is -0.138. The third-order valence-corrected chi connectivity index (χ3v) is 10.4. The molecule has 248 valence electrons. The lowest BCUT2D eigenvalue weighted by Gasteiger charge is -2.17. The smallest absolute Gasteiger partial charge is 0.320 e. The highest BCUT2D eigenvalue weighted by Crippen LogP contribution is 2.34. The number of aliphatic carboxylic acids is 1. The number of carbonyl (C=O) groups is 1. The quantitative estimate of drug-likeness (QED) is 0.124. The van der Waals surface area contributed by atoms with Gasteiger partial charge in [0.25, 0.3) is 0 Å². The first-order valence-electron chi connectivity index (χ1n) is 14.2. The van der Waals surface area contributed by atoms with Gasteiger partial charge in [0.1, 0.15) is 57.8 Å². The predicted octanol–water partition coefficient (Wildman–Crippen LogP) is 1.26. The van der Waals surface area contributed by atoms with Crippen LogP contribution in [0, 0.1) is 20.8 Å². The van der Waals surface area contributed by atoms with Crippen LogP contribution in [-0.2, 0) is 30.5 Å². The minimum absolute atomic E-state index is 0.162. The SMILES string of the molecule is C[S+](CC[C@H](N)C(=O)O)C[C@H]1O[C@@H](n2cnc3c(N)ncnc32)[C@H](O)[C@@H]1O.Cc1cc(C)c(-c2ccccc2S(=O)(=O)[O-])c(C)c1. The lowest BCUT2D eigenvalue weighted by Crippen LogP contribution is -2.37. The van der Waals surface area contributed by atoms with Crippen LogP contribution in [0.15, 0.2) is 53.9 Å². The van der Waals surface area contributed by atoms with Gasteiger partial charge in [-0.15, -0.1) is 0 Å². The Hall–Kier alpha value is -3.64. The van der Waals surface area contributed by atoms with Crippen molar-refractivity contribution >= 4 is 44.0 Å². The first kappa shape index (κ1) is 35.2. The van der Waals surface area contributed by atoms with E-state index in [1.54, 1.807) is 18.2 Å². The zero-order valence-electron chi connectivity index (χ0n) is 25.8. The van der Waals surface area contributed by atoms with Gasteiger partial charge in [0.15, 0.2) is 17.7 Å². The zero-order chi connectivity index (χ0) is 33.9. The van der Waals surface area contributed by atoms with E-state index in [4.69, 9.17) is 21.3 Å². The van der Waals surface area contributed by atoms with Crippen LogP contribution in [0.25, 0.3) is 22.3 Å². The first-order valence-corrected chi connectivity index (χ1v) is 17.6. The number of benzene rings is 2. The maximum absolute atomic E-state index is 11.4. The van der Waals surface area contributed by atoms with Gasteiger partial charge in [0, 0.05) is 6.42 Å². The molecule has 0 radical (unpaired) electrons. The molecular weight excluding hydrogens is 636 g/mol. The molecular formula is C30H38N6O8S2. The van der Waals surface area contributed by atoms with E-state index in [2.05, 4.69) is 15.0 Å². The molecule has 16 heteroatoms. The molecule has 0 bridgehead atoms. The normalized spacial score (nSPS) is 21.0. The fourth-order valence-electron chi connectivity index (χ4n) is 5.46. The van der Waals surface area contributed by atoms with E-state index in [0.29, 0.717) is 34.7 Å². The fourth-order valence-corrected chi connectivity index (χ4v) is 7.81. The van der Waals surface area contributed by atoms with Crippen LogP contribution in [0.3, 0.4) is 0 Å². The average molecular weight is 675 g/mol. The molecule has 1 aliphatic rings. The number of carboxylic acids is 1. The Morgan fingerprint density at radius 3 is 2.39 bits per heavy atom. The second-order valence-electron chi connectivity index (χ2n) is 11.2. The largest absolute Gasteiger partial charge is 0.744 e. The van der Waals surface area contributed by atoms with Gasteiger partial charge in [-0.3, -0.25) is 9.36 Å². The van der Waals surface area contributed by atoms with Crippen LogP contribution in [0.1, 0.15) is 29.3 Å². The summed E-state index contributed by atoms with van der Waals surface area (Å²) in [6.45, 7) is 5.83. The van der Waals surface area contributed by atoms with Crippen molar-refractivity contribution < 1.29 is 37.8 Å². The highest BCUT2D eigenvalue weighted by atomic mass is 32.2. The van der Waals surface area contributed by atoms with E-state index in [1.165, 1.54) is 23.3 Å². The van der Waals surface area contributed by atoms with Gasteiger partial charge in [-0.05, 0) is 60.0 Å². The Bertz CT molecular complexity index is 1800. The summed E-state index contributed by atoms with van der Waals surface area (Å²) < 4.78 is 41.5. The number of nitrogen functional groups attached to an aromatic ring is 1. The van der Waals surface area contributed by atoms with Crippen LogP contribution in [0.4, 0.5) is 5.82 Å². The molecule has 1 unspecified atom stereocenters. The highest BCUT2D eigenvalue weighted by Gasteiger charge is 2.46. The number of hydrogen-bond acceptors (Lipinski definition) is 12. The third-order valence-electron chi connectivity index (χ3n) is 7.64. The van der Waals surface area contributed by atoms with Crippen molar-refractivity contribution in [2.45, 2.75) is 62.7 Å². The maximum Gasteiger partial charge on any atom is 0.320 e. The highest BCUT2D eigenvalue weighted by molar-refractivity contribution is 7.96. The summed E-state index contributed by atoms with van der Waals surface area (Å²) in [5.74, 6) is 0.254. The Morgan fingerprint density at radius 2 is 1.76 bits per heavy atom. The molecule has 0 aliphatic carbocycles. The van der Waals surface area contributed by atoms with Gasteiger partial charge in [0.2, 0.25) is 0 Å². The number of nitrogens with two attached hydrogens (primary N) is 2. The molecule has 5 rings (SSSR count). The van der Waals surface area contributed by atoms with E-state index in [0.717, 1.165) is 22.3 Å². The second-order valence-corrected chi connectivity index (χ2v) is 14.9. The number of aryl methyl sites for hydroxylation is 3. The Morgan fingerprint density at radius 1 is 1.11 bits per heavy atom. The van der Waals surface area contributed by atoms with Crippen molar-refractivity contribution in [2.75, 3.05) is 23.5 Å². The number of hydrogen-bond donors (Lipinski definition) is 5. The second kappa shape index (κ2) is 14.4. The van der Waals surface area contributed by atoms with Crippen molar-refractivity contribution in [2.24, 2.45) is 5.73 Å². The molecule has 0 spiro atoms. The van der Waals surface area contributed by atoms with Gasteiger partial charge >= 0.3 is 5.97 Å². The number of imidazole rings is 1. The van der Waals surface area contributed by atoms with Crippen LogP contribution in [0.5, 0.6) is 0 Å². The predicted molar refractivity (Wildman–Crippen MR) is 173 cm³/mol. The Labute approximate surface area is 269 Å². The number of rotatable bonds is 9. The van der Waals surface area contributed by atoms with E-state index in [-0.39, 0.29) is 21.6 Å². The van der Waals surface area contributed by atoms with Crippen LogP contribution in [-0.4, -0.2) is 95.9 Å². The van der Waals surface area contributed by atoms with Gasteiger partial charge in [-0.2, -0.15) is 0 Å². The minimum Gasteiger partial charge on any atom is -0.744 e. The van der Waals surface area contributed by atoms with Crippen LogP contribution < -0.4 is 11.5 Å². The molecule has 14 nitrogen and oxygen atoms in total. The molecule has 2 aromatic heterocycles.